The van der Waals surface area contributed by atoms with Gasteiger partial charge in [0.25, 0.3) is 5.91 Å². The zero-order valence-corrected chi connectivity index (χ0v) is 18.6. The summed E-state index contributed by atoms with van der Waals surface area (Å²) in [6, 6.07) is 8.28. The Balaban J connectivity index is 1.60. The van der Waals surface area contributed by atoms with Crippen LogP contribution in [0.1, 0.15) is 37.6 Å². The molecule has 2 aliphatic rings. The molecular formula is C25H28FN3O3. The lowest BCUT2D eigenvalue weighted by molar-refractivity contribution is -0.111. The number of aromatic nitrogens is 1. The summed E-state index contributed by atoms with van der Waals surface area (Å²) in [6.07, 6.45) is 4.51. The van der Waals surface area contributed by atoms with E-state index in [9.17, 15) is 9.18 Å². The van der Waals surface area contributed by atoms with Crippen molar-refractivity contribution in [3.63, 3.8) is 0 Å². The molecule has 0 saturated heterocycles. The molecule has 0 aliphatic carbocycles. The van der Waals surface area contributed by atoms with Crippen molar-refractivity contribution >= 4 is 22.7 Å². The molecule has 0 atom stereocenters. The third-order valence-electron chi connectivity index (χ3n) is 5.95. The van der Waals surface area contributed by atoms with Crippen LogP contribution in [0.5, 0.6) is 0 Å². The standard InChI is InChI=1S/C25H28FN3O3/c1-4-29(11-12-30)10-9-18-7-5-16(15-27-18)20-14-22(32-25(20,2)3)23-19-8-6-17(26)13-21(19)28-24(23)31/h5-8,13-15,30H,4,9-12H2,1-3H3,(H,28,31)/b23-22+. The molecule has 0 bridgehead atoms. The van der Waals surface area contributed by atoms with E-state index in [-0.39, 0.29) is 12.5 Å². The average molecular weight is 438 g/mol. The molecule has 0 spiro atoms. The highest BCUT2D eigenvalue weighted by atomic mass is 19.1. The number of amides is 1. The maximum absolute atomic E-state index is 13.6. The molecule has 168 valence electrons. The maximum atomic E-state index is 13.6. The Kier molecular flexibility index (Phi) is 6.13. The van der Waals surface area contributed by atoms with Crippen LogP contribution in [0, 0.1) is 5.82 Å². The molecule has 7 heteroatoms. The Hall–Kier alpha value is -3.03. The van der Waals surface area contributed by atoms with E-state index in [1.807, 2.05) is 38.3 Å². The highest BCUT2D eigenvalue weighted by Gasteiger charge is 2.38. The number of rotatable bonds is 7. The molecule has 6 nitrogen and oxygen atoms in total. The first kappa shape index (κ1) is 22.2. The zero-order valence-electron chi connectivity index (χ0n) is 18.6. The molecular weight excluding hydrogens is 409 g/mol. The van der Waals surface area contributed by atoms with Crippen LogP contribution < -0.4 is 5.32 Å². The summed E-state index contributed by atoms with van der Waals surface area (Å²) in [7, 11) is 0. The second kappa shape index (κ2) is 8.84. The number of aliphatic hydroxyl groups excluding tert-OH is 1. The van der Waals surface area contributed by atoms with E-state index in [0.717, 1.165) is 36.3 Å². The van der Waals surface area contributed by atoms with Crippen molar-refractivity contribution in [3.8, 4) is 0 Å². The number of fused-ring (bicyclic) bond motifs is 1. The third kappa shape index (κ3) is 4.31. The van der Waals surface area contributed by atoms with E-state index in [4.69, 9.17) is 9.84 Å². The number of nitrogens with zero attached hydrogens (tertiary/aromatic N) is 2. The van der Waals surface area contributed by atoms with E-state index in [1.54, 1.807) is 6.07 Å². The summed E-state index contributed by atoms with van der Waals surface area (Å²) in [5.41, 5.74) is 3.69. The molecule has 0 saturated carbocycles. The first-order valence-electron chi connectivity index (χ1n) is 10.9. The van der Waals surface area contributed by atoms with E-state index < -0.39 is 11.4 Å². The summed E-state index contributed by atoms with van der Waals surface area (Å²) >= 11 is 0. The highest BCUT2D eigenvalue weighted by molar-refractivity contribution is 6.32. The number of carbonyl (C=O) groups is 1. The van der Waals surface area contributed by atoms with Crippen molar-refractivity contribution in [1.82, 2.24) is 9.88 Å². The number of benzene rings is 1. The predicted molar refractivity (Wildman–Crippen MR) is 122 cm³/mol. The summed E-state index contributed by atoms with van der Waals surface area (Å²) in [5, 5.41) is 11.8. The van der Waals surface area contributed by atoms with Gasteiger partial charge in [-0.25, -0.2) is 4.39 Å². The molecule has 4 rings (SSSR count). The van der Waals surface area contributed by atoms with Crippen LogP contribution in [-0.2, 0) is 16.0 Å². The molecule has 2 aliphatic heterocycles. The van der Waals surface area contributed by atoms with Gasteiger partial charge in [0.15, 0.2) is 0 Å². The fourth-order valence-electron chi connectivity index (χ4n) is 4.18. The lowest BCUT2D eigenvalue weighted by Gasteiger charge is -2.23. The molecule has 1 amide bonds. The van der Waals surface area contributed by atoms with E-state index in [1.165, 1.54) is 12.1 Å². The van der Waals surface area contributed by atoms with Gasteiger partial charge in [-0.3, -0.25) is 9.78 Å². The van der Waals surface area contributed by atoms with Gasteiger partial charge in [0, 0.05) is 48.1 Å². The van der Waals surface area contributed by atoms with Crippen molar-refractivity contribution in [3.05, 3.63) is 71.0 Å². The van der Waals surface area contributed by atoms with Crippen molar-refractivity contribution in [2.24, 2.45) is 0 Å². The lowest BCUT2D eigenvalue weighted by Crippen LogP contribution is -2.29. The fraction of sp³-hybridized carbons (Fsp3) is 0.360. The minimum absolute atomic E-state index is 0.152. The van der Waals surface area contributed by atoms with Crippen molar-refractivity contribution in [1.29, 1.82) is 0 Å². The van der Waals surface area contributed by atoms with Gasteiger partial charge < -0.3 is 20.1 Å². The number of ether oxygens (including phenoxy) is 1. The maximum Gasteiger partial charge on any atom is 0.260 e. The number of allylic oxidation sites excluding steroid dienone is 1. The van der Waals surface area contributed by atoms with Crippen LogP contribution in [-0.4, -0.2) is 52.7 Å². The number of anilines is 1. The van der Waals surface area contributed by atoms with Crippen LogP contribution in [0.3, 0.4) is 0 Å². The number of likely N-dealkylation sites (N-methyl/N-ethyl adjacent to an activating group) is 1. The van der Waals surface area contributed by atoms with Crippen LogP contribution in [0.4, 0.5) is 10.1 Å². The van der Waals surface area contributed by atoms with Crippen molar-refractivity contribution in [2.45, 2.75) is 32.8 Å². The topological polar surface area (TPSA) is 74.7 Å². The third-order valence-corrected chi connectivity index (χ3v) is 5.95. The minimum Gasteiger partial charge on any atom is -0.482 e. The molecule has 2 N–H and O–H groups in total. The molecule has 32 heavy (non-hydrogen) atoms. The van der Waals surface area contributed by atoms with Crippen LogP contribution in [0.15, 0.2) is 48.4 Å². The SMILES string of the molecule is CCN(CCO)CCc1ccc(C2=C/C(=C3\C(=O)Nc4cc(F)ccc43)OC2(C)C)cn1. The molecule has 0 fully saturated rings. The summed E-state index contributed by atoms with van der Waals surface area (Å²) < 4.78 is 19.7. The van der Waals surface area contributed by atoms with Gasteiger partial charge in [-0.05, 0) is 50.7 Å². The second-order valence-corrected chi connectivity index (χ2v) is 8.50. The van der Waals surface area contributed by atoms with Gasteiger partial charge in [0.1, 0.15) is 17.2 Å². The number of aliphatic hydroxyl groups is 1. The van der Waals surface area contributed by atoms with Crippen molar-refractivity contribution in [2.75, 3.05) is 31.6 Å². The number of carbonyl (C=O) groups excluding carboxylic acids is 1. The van der Waals surface area contributed by atoms with Gasteiger partial charge in [-0.1, -0.05) is 13.0 Å². The fourth-order valence-corrected chi connectivity index (χ4v) is 4.18. The second-order valence-electron chi connectivity index (χ2n) is 8.50. The minimum atomic E-state index is -0.644. The Morgan fingerprint density at radius 3 is 2.72 bits per heavy atom. The number of pyridine rings is 1. The van der Waals surface area contributed by atoms with E-state index >= 15 is 0 Å². The zero-order chi connectivity index (χ0) is 22.9. The molecule has 2 aromatic rings. The number of halogens is 1. The quantitative estimate of drug-likeness (QED) is 0.647. The number of hydrogen-bond donors (Lipinski definition) is 2. The van der Waals surface area contributed by atoms with Crippen LogP contribution >= 0.6 is 0 Å². The Labute approximate surface area is 187 Å². The van der Waals surface area contributed by atoms with Gasteiger partial charge in [-0.15, -0.1) is 0 Å². The Morgan fingerprint density at radius 1 is 1.22 bits per heavy atom. The molecule has 1 aromatic heterocycles. The Bertz CT molecular complexity index is 1090. The van der Waals surface area contributed by atoms with Crippen molar-refractivity contribution < 1.29 is 19.0 Å². The van der Waals surface area contributed by atoms with Gasteiger partial charge in [-0.2, -0.15) is 0 Å². The molecule has 0 radical (unpaired) electrons. The van der Waals surface area contributed by atoms with Crippen LogP contribution in [0.25, 0.3) is 11.1 Å². The predicted octanol–water partition coefficient (Wildman–Crippen LogP) is 3.63. The van der Waals surface area contributed by atoms with Crippen LogP contribution in [0.2, 0.25) is 0 Å². The molecule has 1 aromatic carbocycles. The van der Waals surface area contributed by atoms with E-state index in [2.05, 4.69) is 22.1 Å². The summed E-state index contributed by atoms with van der Waals surface area (Å²) in [6.45, 7) is 8.52. The van der Waals surface area contributed by atoms with Gasteiger partial charge in [0.2, 0.25) is 0 Å². The lowest BCUT2D eigenvalue weighted by atomic mass is 9.93. The molecule has 0 unspecified atom stereocenters. The number of nitrogens with one attached hydrogen (secondary N) is 1. The monoisotopic (exact) mass is 437 g/mol. The largest absolute Gasteiger partial charge is 0.482 e. The smallest absolute Gasteiger partial charge is 0.260 e. The Morgan fingerprint density at radius 2 is 2.03 bits per heavy atom. The normalized spacial score (nSPS) is 19.1. The number of hydrogen-bond acceptors (Lipinski definition) is 5. The average Bonchev–Trinajstić information content (AvgIpc) is 3.25. The first-order valence-corrected chi connectivity index (χ1v) is 10.9. The molecule has 3 heterocycles. The summed E-state index contributed by atoms with van der Waals surface area (Å²) in [4.78, 5) is 19.4. The van der Waals surface area contributed by atoms with Gasteiger partial charge in [0.05, 0.1) is 17.9 Å². The first-order chi connectivity index (χ1) is 15.3. The summed E-state index contributed by atoms with van der Waals surface area (Å²) in [5.74, 6) is -0.228. The van der Waals surface area contributed by atoms with Gasteiger partial charge >= 0.3 is 0 Å². The van der Waals surface area contributed by atoms with E-state index in [0.29, 0.717) is 29.1 Å². The highest BCUT2D eigenvalue weighted by Crippen LogP contribution is 2.44.